The van der Waals surface area contributed by atoms with E-state index in [0.717, 1.165) is 19.4 Å². The van der Waals surface area contributed by atoms with Gasteiger partial charge in [0, 0.05) is 11.9 Å². The molecule has 1 rings (SSSR count). The van der Waals surface area contributed by atoms with Crippen LogP contribution in [-0.4, -0.2) is 21.9 Å². The highest BCUT2D eigenvalue weighted by Crippen LogP contribution is 2.13. The van der Waals surface area contributed by atoms with Crippen molar-refractivity contribution in [2.45, 2.75) is 25.1 Å². The van der Waals surface area contributed by atoms with Crippen LogP contribution in [0.3, 0.4) is 0 Å². The van der Waals surface area contributed by atoms with Gasteiger partial charge in [0.05, 0.1) is 6.33 Å². The van der Waals surface area contributed by atoms with Gasteiger partial charge in [-0.3, -0.25) is 4.79 Å². The van der Waals surface area contributed by atoms with E-state index in [0.29, 0.717) is 10.3 Å². The highest BCUT2D eigenvalue weighted by molar-refractivity contribution is 9.10. The van der Waals surface area contributed by atoms with Crippen LogP contribution in [0.5, 0.6) is 0 Å². The van der Waals surface area contributed by atoms with Crippen molar-refractivity contribution in [1.82, 2.24) is 9.97 Å². The summed E-state index contributed by atoms with van der Waals surface area (Å²) in [6.45, 7) is 2.72. The number of hydrogen-bond acceptors (Lipinski definition) is 3. The third kappa shape index (κ3) is 4.22. The van der Waals surface area contributed by atoms with Gasteiger partial charge in [-0.05, 0) is 35.7 Å². The molecule has 0 fully saturated rings. The Morgan fingerprint density at radius 1 is 1.73 bits per heavy atom. The quantitative estimate of drug-likeness (QED) is 0.647. The molecular weight excluding hydrogens is 281 g/mol. The summed E-state index contributed by atoms with van der Waals surface area (Å²) in [5.41, 5.74) is -0.182. The number of H-pyrrole nitrogens is 1. The van der Waals surface area contributed by atoms with Crippen LogP contribution in [0, 0.1) is 0 Å². The van der Waals surface area contributed by atoms with Gasteiger partial charge < -0.3 is 10.3 Å². The molecule has 0 spiro atoms. The van der Waals surface area contributed by atoms with Crippen LogP contribution in [0.1, 0.15) is 19.8 Å². The van der Waals surface area contributed by atoms with E-state index in [1.54, 1.807) is 0 Å². The third-order valence-corrected chi connectivity index (χ3v) is 2.82. The first kappa shape index (κ1) is 12.5. The molecule has 1 aromatic heterocycles. The number of nitrogens with zero attached hydrogens (tertiary/aromatic N) is 1. The van der Waals surface area contributed by atoms with Crippen molar-refractivity contribution in [2.24, 2.45) is 0 Å². The highest BCUT2D eigenvalue weighted by Gasteiger charge is 2.04. The molecule has 15 heavy (non-hydrogen) atoms. The summed E-state index contributed by atoms with van der Waals surface area (Å²) in [6, 6.07) is 0. The summed E-state index contributed by atoms with van der Waals surface area (Å²) in [7, 11) is 0. The van der Waals surface area contributed by atoms with Gasteiger partial charge in [0.25, 0.3) is 5.56 Å². The van der Waals surface area contributed by atoms with Crippen LogP contribution in [-0.2, 0) is 0 Å². The normalized spacial score (nSPS) is 12.5. The van der Waals surface area contributed by atoms with E-state index < -0.39 is 0 Å². The van der Waals surface area contributed by atoms with Gasteiger partial charge in [-0.25, -0.2) is 4.98 Å². The van der Waals surface area contributed by atoms with Crippen molar-refractivity contribution in [2.75, 3.05) is 11.9 Å². The van der Waals surface area contributed by atoms with Crippen LogP contribution in [0.25, 0.3) is 0 Å². The summed E-state index contributed by atoms with van der Waals surface area (Å²) in [5.74, 6) is 0.570. The van der Waals surface area contributed by atoms with Crippen molar-refractivity contribution in [1.29, 1.82) is 0 Å². The molecular formula is C9H13BrClN3O. The molecule has 0 bridgehead atoms. The summed E-state index contributed by atoms with van der Waals surface area (Å²) < 4.78 is 0.434. The molecule has 1 aromatic rings. The lowest BCUT2D eigenvalue weighted by molar-refractivity contribution is 0.748. The second-order valence-corrected chi connectivity index (χ2v) is 4.78. The SMILES string of the molecule is CC(Cl)CCCNc1nc[nH]c(=O)c1Br. The molecule has 4 nitrogen and oxygen atoms in total. The lowest BCUT2D eigenvalue weighted by Crippen LogP contribution is -2.13. The zero-order valence-corrected chi connectivity index (χ0v) is 10.7. The van der Waals surface area contributed by atoms with Gasteiger partial charge in [0.1, 0.15) is 10.3 Å². The zero-order valence-electron chi connectivity index (χ0n) is 8.39. The lowest BCUT2D eigenvalue weighted by Gasteiger charge is -2.06. The van der Waals surface area contributed by atoms with Crippen LogP contribution >= 0.6 is 27.5 Å². The second kappa shape index (κ2) is 6.12. The Morgan fingerprint density at radius 2 is 2.47 bits per heavy atom. The molecule has 0 aromatic carbocycles. The molecule has 0 radical (unpaired) electrons. The molecule has 84 valence electrons. The molecule has 6 heteroatoms. The minimum atomic E-state index is -0.182. The van der Waals surface area contributed by atoms with E-state index in [9.17, 15) is 4.79 Å². The monoisotopic (exact) mass is 293 g/mol. The predicted molar refractivity (Wildman–Crippen MR) is 65.6 cm³/mol. The molecule has 0 amide bonds. The van der Waals surface area contributed by atoms with Gasteiger partial charge in [-0.2, -0.15) is 0 Å². The second-order valence-electron chi connectivity index (χ2n) is 3.24. The maximum Gasteiger partial charge on any atom is 0.267 e. The molecule has 0 aliphatic rings. The number of aromatic amines is 1. The Morgan fingerprint density at radius 3 is 3.13 bits per heavy atom. The van der Waals surface area contributed by atoms with E-state index in [4.69, 9.17) is 11.6 Å². The summed E-state index contributed by atoms with van der Waals surface area (Å²) in [4.78, 5) is 17.7. The molecule has 0 saturated heterocycles. The fourth-order valence-electron chi connectivity index (χ4n) is 1.10. The number of nitrogens with one attached hydrogen (secondary N) is 2. The fourth-order valence-corrected chi connectivity index (χ4v) is 1.61. The van der Waals surface area contributed by atoms with Crippen LogP contribution < -0.4 is 10.9 Å². The number of aromatic nitrogens is 2. The van der Waals surface area contributed by atoms with Crippen LogP contribution in [0.15, 0.2) is 15.6 Å². The number of alkyl halides is 1. The topological polar surface area (TPSA) is 57.8 Å². The maximum atomic E-state index is 11.2. The minimum absolute atomic E-state index is 0.182. The first-order valence-electron chi connectivity index (χ1n) is 4.72. The van der Waals surface area contributed by atoms with Crippen LogP contribution in [0.4, 0.5) is 5.82 Å². The van der Waals surface area contributed by atoms with Crippen molar-refractivity contribution < 1.29 is 0 Å². The summed E-state index contributed by atoms with van der Waals surface area (Å²) in [6.07, 6.45) is 3.26. The number of rotatable bonds is 5. The molecule has 1 heterocycles. The smallest absolute Gasteiger partial charge is 0.267 e. The Hall–Kier alpha value is -0.550. The maximum absolute atomic E-state index is 11.2. The number of anilines is 1. The standard InChI is InChI=1S/C9H13BrClN3O/c1-6(11)3-2-4-12-8-7(10)9(15)14-5-13-8/h5-6H,2-4H2,1H3,(H2,12,13,14,15). The number of halogens is 2. The fraction of sp³-hybridized carbons (Fsp3) is 0.556. The van der Waals surface area contributed by atoms with Gasteiger partial charge in [-0.15, -0.1) is 11.6 Å². The summed E-state index contributed by atoms with van der Waals surface area (Å²) >= 11 is 8.97. The Balaban J connectivity index is 2.44. The van der Waals surface area contributed by atoms with E-state index in [1.807, 2.05) is 6.92 Å². The first-order chi connectivity index (χ1) is 7.11. The molecule has 0 aliphatic carbocycles. The third-order valence-electron chi connectivity index (χ3n) is 1.87. The van der Waals surface area contributed by atoms with E-state index >= 15 is 0 Å². The van der Waals surface area contributed by atoms with E-state index in [1.165, 1.54) is 6.33 Å². The average Bonchev–Trinajstić information content (AvgIpc) is 2.18. The predicted octanol–water partition coefficient (Wildman–Crippen LogP) is 2.35. The molecule has 0 aliphatic heterocycles. The largest absolute Gasteiger partial charge is 0.369 e. The lowest BCUT2D eigenvalue weighted by atomic mass is 10.2. The Bertz CT molecular complexity index is 367. The first-order valence-corrected chi connectivity index (χ1v) is 5.95. The Labute approximate surface area is 102 Å². The molecule has 1 unspecified atom stereocenters. The Kier molecular flexibility index (Phi) is 5.11. The highest BCUT2D eigenvalue weighted by atomic mass is 79.9. The van der Waals surface area contributed by atoms with E-state index in [2.05, 4.69) is 31.2 Å². The van der Waals surface area contributed by atoms with Crippen molar-refractivity contribution in [3.8, 4) is 0 Å². The molecule has 2 N–H and O–H groups in total. The van der Waals surface area contributed by atoms with E-state index in [-0.39, 0.29) is 10.9 Å². The molecule has 0 saturated carbocycles. The van der Waals surface area contributed by atoms with Gasteiger partial charge >= 0.3 is 0 Å². The number of hydrogen-bond donors (Lipinski definition) is 2. The minimum Gasteiger partial charge on any atom is -0.369 e. The van der Waals surface area contributed by atoms with Crippen molar-refractivity contribution in [3.63, 3.8) is 0 Å². The van der Waals surface area contributed by atoms with Crippen molar-refractivity contribution in [3.05, 3.63) is 21.2 Å². The van der Waals surface area contributed by atoms with Gasteiger partial charge in [0.2, 0.25) is 0 Å². The average molecular weight is 295 g/mol. The van der Waals surface area contributed by atoms with Crippen LogP contribution in [0.2, 0.25) is 0 Å². The van der Waals surface area contributed by atoms with Crippen molar-refractivity contribution >= 4 is 33.3 Å². The van der Waals surface area contributed by atoms with Gasteiger partial charge in [-0.1, -0.05) is 0 Å². The zero-order chi connectivity index (χ0) is 11.3. The van der Waals surface area contributed by atoms with Gasteiger partial charge in [0.15, 0.2) is 0 Å². The summed E-state index contributed by atoms with van der Waals surface area (Å²) in [5, 5.41) is 3.26. The molecule has 1 atom stereocenters.